The van der Waals surface area contributed by atoms with Gasteiger partial charge in [-0.25, -0.2) is 0 Å². The van der Waals surface area contributed by atoms with Gasteiger partial charge in [-0.05, 0) is 24.0 Å². The van der Waals surface area contributed by atoms with Gasteiger partial charge in [-0.2, -0.15) is 0 Å². The molecule has 5 heteroatoms. The summed E-state index contributed by atoms with van der Waals surface area (Å²) in [4.78, 5) is 0. The van der Waals surface area contributed by atoms with Crippen molar-refractivity contribution in [2.24, 2.45) is 0 Å². The Morgan fingerprint density at radius 3 is 1.56 bits per heavy atom. The Hall–Kier alpha value is 1.72. The molecule has 0 saturated heterocycles. The molecule has 0 rings (SSSR count). The fraction of sp³-hybridized carbons (Fsp3) is 1.00. The maximum absolute atomic E-state index is 10.1. The molecule has 0 radical (unpaired) electrons. The van der Waals surface area contributed by atoms with Gasteiger partial charge < -0.3 is 12.7 Å². The summed E-state index contributed by atoms with van der Waals surface area (Å²) >= 11 is 0. The van der Waals surface area contributed by atoms with E-state index in [1.165, 1.54) is 4.31 Å². The van der Waals surface area contributed by atoms with Crippen molar-refractivity contribution in [1.29, 1.82) is 0 Å². The molecular formula is C4H10NO2RbS. The smallest absolute Gasteiger partial charge is 0.409 e. The molecule has 0 aliphatic carbocycles. The molecular weight excluding hydrogens is 212 g/mol. The Morgan fingerprint density at radius 1 is 1.22 bits per heavy atom. The molecule has 0 amide bonds. The van der Waals surface area contributed by atoms with Gasteiger partial charge in [0.05, 0.1) is 0 Å². The van der Waals surface area contributed by atoms with Crippen LogP contribution in [0.4, 0.5) is 0 Å². The molecule has 0 atom stereocenters. The van der Waals surface area contributed by atoms with E-state index in [-0.39, 0.29) is 58.2 Å². The average Bonchev–Trinajstić information content (AvgIpc) is 1.69. The van der Waals surface area contributed by atoms with E-state index in [0.29, 0.717) is 13.1 Å². The van der Waals surface area contributed by atoms with Crippen molar-refractivity contribution >= 4 is 10.9 Å². The minimum atomic E-state index is -2.02. The van der Waals surface area contributed by atoms with Crippen LogP contribution < -0.4 is 58.2 Å². The first kappa shape index (κ1) is 13.3. The average molecular weight is 222 g/mol. The Balaban J connectivity index is 0. The molecule has 0 heterocycles. The van der Waals surface area contributed by atoms with Crippen LogP contribution in [-0.4, -0.2) is 17.4 Å². The van der Waals surface area contributed by atoms with Crippen LogP contribution in [0.25, 0.3) is 0 Å². The second-order valence-corrected chi connectivity index (χ2v) is 2.28. The summed E-state index contributed by atoms with van der Waals surface area (Å²) in [5, 5.41) is 0. The Kier molecular flexibility index (Phi) is 11.6. The molecule has 0 aliphatic rings. The Morgan fingerprint density at radius 2 is 1.56 bits per heavy atom. The van der Waals surface area contributed by atoms with Crippen molar-refractivity contribution in [1.82, 2.24) is 4.31 Å². The summed E-state index contributed by atoms with van der Waals surface area (Å²) in [5.41, 5.74) is 0. The standard InChI is InChI=1S/C4H10NO2S.Rb/c1-3-5(4-2)8(6)7;/h3-4H2,1-2H3;/q-1;+1. The summed E-state index contributed by atoms with van der Waals surface area (Å²) in [6.07, 6.45) is 0. The fourth-order valence-electron chi connectivity index (χ4n) is 0.434. The molecule has 9 heavy (non-hydrogen) atoms. The summed E-state index contributed by atoms with van der Waals surface area (Å²) < 4.78 is 21.5. The van der Waals surface area contributed by atoms with E-state index >= 15 is 0 Å². The molecule has 0 fully saturated rings. The predicted molar refractivity (Wildman–Crippen MR) is 31.7 cm³/mol. The van der Waals surface area contributed by atoms with Crippen LogP contribution in [0.1, 0.15) is 13.8 Å². The van der Waals surface area contributed by atoms with Crippen molar-refractivity contribution < 1.29 is 66.6 Å². The molecule has 0 aliphatic heterocycles. The zero-order valence-corrected chi connectivity index (χ0v) is 11.8. The minimum absolute atomic E-state index is 0. The zero-order chi connectivity index (χ0) is 6.57. The van der Waals surface area contributed by atoms with Crippen LogP contribution in [0.5, 0.6) is 0 Å². The topological polar surface area (TPSA) is 37.4 Å². The quantitative estimate of drug-likeness (QED) is 0.497. The van der Waals surface area contributed by atoms with E-state index in [1.54, 1.807) is 13.8 Å². The maximum atomic E-state index is 10.1. The van der Waals surface area contributed by atoms with Crippen molar-refractivity contribution in [3.05, 3.63) is 0 Å². The third kappa shape index (κ3) is 6.13. The summed E-state index contributed by atoms with van der Waals surface area (Å²) in [6.45, 7) is 4.73. The molecule has 50 valence electrons. The van der Waals surface area contributed by atoms with Gasteiger partial charge in [0.15, 0.2) is 0 Å². The molecule has 0 aromatic rings. The van der Waals surface area contributed by atoms with E-state index in [0.717, 1.165) is 0 Å². The van der Waals surface area contributed by atoms with Crippen molar-refractivity contribution in [2.75, 3.05) is 13.1 Å². The molecule has 0 N–H and O–H groups in total. The second-order valence-electron chi connectivity index (χ2n) is 1.33. The molecule has 0 spiro atoms. The number of rotatable bonds is 3. The molecule has 0 unspecified atom stereocenters. The molecule has 0 aromatic heterocycles. The van der Waals surface area contributed by atoms with Gasteiger partial charge in [0.2, 0.25) is 0 Å². The van der Waals surface area contributed by atoms with E-state index in [4.69, 9.17) is 0 Å². The summed E-state index contributed by atoms with van der Waals surface area (Å²) in [5.74, 6) is 0. The monoisotopic (exact) mass is 221 g/mol. The Labute approximate surface area is 107 Å². The van der Waals surface area contributed by atoms with E-state index in [9.17, 15) is 8.42 Å². The first-order valence-corrected chi connectivity index (χ1v) is 3.59. The molecule has 3 nitrogen and oxygen atoms in total. The van der Waals surface area contributed by atoms with Gasteiger partial charge in [0, 0.05) is 0 Å². The second kappa shape index (κ2) is 7.82. The zero-order valence-electron chi connectivity index (χ0n) is 6.09. The Bertz CT molecular complexity index is 114. The molecule has 0 saturated carbocycles. The first-order valence-electron chi connectivity index (χ1n) is 2.56. The van der Waals surface area contributed by atoms with Crippen molar-refractivity contribution in [2.45, 2.75) is 13.8 Å². The third-order valence-electron chi connectivity index (χ3n) is 0.916. The van der Waals surface area contributed by atoms with Crippen LogP contribution in [0.15, 0.2) is 0 Å². The van der Waals surface area contributed by atoms with E-state index < -0.39 is 10.9 Å². The largest absolute Gasteiger partial charge is 1.00 e. The maximum Gasteiger partial charge on any atom is 1.00 e. The van der Waals surface area contributed by atoms with Crippen LogP contribution in [-0.2, 0) is 19.3 Å². The normalized spacial score (nSPS) is 9.78. The molecule has 0 aromatic carbocycles. The SMILES string of the molecule is CCN(CC)[S-](=O)=O.[Rb+]. The first-order chi connectivity index (χ1) is 3.72. The predicted octanol–water partition coefficient (Wildman–Crippen LogP) is -2.44. The summed E-state index contributed by atoms with van der Waals surface area (Å²) in [7, 11) is -2.02. The van der Waals surface area contributed by atoms with Crippen molar-refractivity contribution in [3.8, 4) is 0 Å². The van der Waals surface area contributed by atoms with Gasteiger partial charge in [0.1, 0.15) is 0 Å². The minimum Gasteiger partial charge on any atom is -0.409 e. The van der Waals surface area contributed by atoms with Gasteiger partial charge in [-0.3, -0.25) is 0 Å². The van der Waals surface area contributed by atoms with Gasteiger partial charge in [0.25, 0.3) is 0 Å². The van der Waals surface area contributed by atoms with E-state index in [2.05, 4.69) is 0 Å². The summed E-state index contributed by atoms with van der Waals surface area (Å²) in [6, 6.07) is 0. The van der Waals surface area contributed by atoms with Crippen LogP contribution in [0.3, 0.4) is 0 Å². The van der Waals surface area contributed by atoms with Gasteiger partial charge >= 0.3 is 58.2 Å². The number of nitrogens with zero attached hydrogens (tertiary/aromatic N) is 1. The molecule has 0 bridgehead atoms. The number of hydrogen-bond donors (Lipinski definition) is 0. The van der Waals surface area contributed by atoms with Gasteiger partial charge in [-0.15, -0.1) is 0 Å². The van der Waals surface area contributed by atoms with Crippen LogP contribution in [0.2, 0.25) is 0 Å². The van der Waals surface area contributed by atoms with Crippen LogP contribution >= 0.6 is 0 Å². The van der Waals surface area contributed by atoms with Gasteiger partial charge in [-0.1, -0.05) is 13.8 Å². The van der Waals surface area contributed by atoms with Crippen molar-refractivity contribution in [3.63, 3.8) is 0 Å². The number of hydrogen-bond acceptors (Lipinski definition) is 3. The van der Waals surface area contributed by atoms with E-state index in [1.807, 2.05) is 0 Å². The third-order valence-corrected chi connectivity index (χ3v) is 1.85. The fourth-order valence-corrected chi connectivity index (χ4v) is 0.856. The van der Waals surface area contributed by atoms with Crippen LogP contribution in [0, 0.1) is 0 Å².